The minimum Gasteiger partial charge on any atom is -0.450 e. The Bertz CT molecular complexity index is 1260. The molecule has 206 valence electrons. The molecule has 1 saturated heterocycles. The van der Waals surface area contributed by atoms with Crippen LogP contribution < -0.4 is 15.4 Å². The van der Waals surface area contributed by atoms with Gasteiger partial charge in [-0.25, -0.2) is 18.6 Å². The standard InChI is InChI=1S/C27H36F2N4O4Si/c1-18(2)27(15-36-16-27)14-31-26(34)32-19-12-21(28)24(22(29)13-19)37-23-6-8-30-25-20(23)7-9-33(25)17-35-10-11-38(3,4)5/h6-9,12-13,18H,10-11,14-17H2,1-5H3,(H2,31,32,34). The van der Waals surface area contributed by atoms with Gasteiger partial charge in [0.25, 0.3) is 0 Å². The topological polar surface area (TPSA) is 86.6 Å². The van der Waals surface area contributed by atoms with E-state index in [1.54, 1.807) is 18.3 Å². The van der Waals surface area contributed by atoms with Gasteiger partial charge in [-0.2, -0.15) is 0 Å². The molecule has 0 unspecified atom stereocenters. The van der Waals surface area contributed by atoms with E-state index in [0.29, 0.717) is 50.0 Å². The molecule has 2 aromatic heterocycles. The molecule has 3 aromatic rings. The lowest BCUT2D eigenvalue weighted by atomic mass is 9.75. The zero-order chi connectivity index (χ0) is 27.5. The summed E-state index contributed by atoms with van der Waals surface area (Å²) in [5, 5.41) is 5.86. The maximum absolute atomic E-state index is 14.9. The molecule has 8 nitrogen and oxygen atoms in total. The molecular formula is C27H36F2N4O4Si. The van der Waals surface area contributed by atoms with Gasteiger partial charge in [-0.3, -0.25) is 0 Å². The van der Waals surface area contributed by atoms with Gasteiger partial charge in [0.1, 0.15) is 18.1 Å². The molecule has 2 N–H and O–H groups in total. The maximum Gasteiger partial charge on any atom is 0.319 e. The van der Waals surface area contributed by atoms with Crippen molar-refractivity contribution in [2.75, 3.05) is 31.7 Å². The molecular weight excluding hydrogens is 510 g/mol. The number of amides is 2. The number of fused-ring (bicyclic) bond motifs is 1. The van der Waals surface area contributed by atoms with Crippen molar-refractivity contribution in [3.05, 3.63) is 48.3 Å². The van der Waals surface area contributed by atoms with E-state index in [1.165, 1.54) is 6.20 Å². The number of aromatic nitrogens is 2. The van der Waals surface area contributed by atoms with E-state index < -0.39 is 31.5 Å². The number of benzene rings is 1. The summed E-state index contributed by atoms with van der Waals surface area (Å²) in [5.74, 6) is -1.86. The first kappa shape index (κ1) is 28.0. The molecule has 1 aliphatic heterocycles. The Morgan fingerprint density at radius 2 is 1.92 bits per heavy atom. The third kappa shape index (κ3) is 6.51. The average Bonchev–Trinajstić information content (AvgIpc) is 3.21. The van der Waals surface area contributed by atoms with Crippen molar-refractivity contribution in [2.45, 2.75) is 46.3 Å². The summed E-state index contributed by atoms with van der Waals surface area (Å²) < 4.78 is 48.4. The number of nitrogens with one attached hydrogen (secondary N) is 2. The second kappa shape index (κ2) is 11.4. The van der Waals surface area contributed by atoms with Gasteiger partial charge in [0.05, 0.1) is 18.6 Å². The number of carbonyl (C=O) groups excluding carboxylic acids is 1. The third-order valence-corrected chi connectivity index (χ3v) is 8.63. The minimum atomic E-state index is -1.20. The number of hydrogen-bond donors (Lipinski definition) is 2. The summed E-state index contributed by atoms with van der Waals surface area (Å²) in [6.45, 7) is 13.5. The number of urea groups is 1. The molecule has 0 saturated carbocycles. The smallest absolute Gasteiger partial charge is 0.319 e. The minimum absolute atomic E-state index is 0.0187. The molecule has 3 heterocycles. The van der Waals surface area contributed by atoms with E-state index in [9.17, 15) is 13.6 Å². The van der Waals surface area contributed by atoms with Crippen LogP contribution in [0.25, 0.3) is 11.0 Å². The van der Waals surface area contributed by atoms with Crippen LogP contribution in [0.1, 0.15) is 13.8 Å². The van der Waals surface area contributed by atoms with Gasteiger partial charge in [0.15, 0.2) is 17.4 Å². The van der Waals surface area contributed by atoms with Crippen molar-refractivity contribution >= 4 is 30.8 Å². The quantitative estimate of drug-likeness (QED) is 0.221. The molecule has 4 rings (SSSR count). The van der Waals surface area contributed by atoms with Gasteiger partial charge in [0, 0.05) is 56.9 Å². The maximum atomic E-state index is 14.9. The predicted molar refractivity (Wildman–Crippen MR) is 145 cm³/mol. The fourth-order valence-corrected chi connectivity index (χ4v) is 4.83. The van der Waals surface area contributed by atoms with Gasteiger partial charge < -0.3 is 29.4 Å². The summed E-state index contributed by atoms with van der Waals surface area (Å²) in [6.07, 6.45) is 3.32. The Hall–Kier alpha value is -3.02. The van der Waals surface area contributed by atoms with Gasteiger partial charge in [-0.1, -0.05) is 33.5 Å². The first-order chi connectivity index (χ1) is 18.0. The summed E-state index contributed by atoms with van der Waals surface area (Å²) in [6, 6.07) is 5.87. The van der Waals surface area contributed by atoms with E-state index >= 15 is 0 Å². The summed E-state index contributed by atoms with van der Waals surface area (Å²) in [7, 11) is -1.20. The fourth-order valence-electron chi connectivity index (χ4n) is 4.08. The van der Waals surface area contributed by atoms with Crippen LogP contribution in [0, 0.1) is 23.0 Å². The van der Waals surface area contributed by atoms with Crippen LogP contribution in [0.15, 0.2) is 36.7 Å². The predicted octanol–water partition coefficient (Wildman–Crippen LogP) is 6.21. The first-order valence-corrected chi connectivity index (χ1v) is 16.5. The number of anilines is 1. The lowest BCUT2D eigenvalue weighted by Gasteiger charge is -2.44. The normalized spacial score (nSPS) is 14.9. The molecule has 38 heavy (non-hydrogen) atoms. The van der Waals surface area contributed by atoms with Crippen LogP contribution in [-0.2, 0) is 16.2 Å². The fraction of sp³-hybridized carbons (Fsp3) is 0.481. The Morgan fingerprint density at radius 3 is 2.53 bits per heavy atom. The Balaban J connectivity index is 1.41. The SMILES string of the molecule is CC(C)C1(CNC(=O)Nc2cc(F)c(Oc3ccnc4c3ccn4COCC[Si](C)(C)C)c(F)c2)COC1. The zero-order valence-electron chi connectivity index (χ0n) is 22.6. The van der Waals surface area contributed by atoms with Gasteiger partial charge in [-0.05, 0) is 24.1 Å². The van der Waals surface area contributed by atoms with Crippen LogP contribution in [0.4, 0.5) is 19.3 Å². The molecule has 0 bridgehead atoms. The number of halogens is 2. The van der Waals surface area contributed by atoms with Crippen molar-refractivity contribution in [3.63, 3.8) is 0 Å². The second-order valence-electron chi connectivity index (χ2n) is 11.4. The highest BCUT2D eigenvalue weighted by Crippen LogP contribution is 2.36. The highest BCUT2D eigenvalue weighted by molar-refractivity contribution is 6.76. The number of carbonyl (C=O) groups is 1. The summed E-state index contributed by atoms with van der Waals surface area (Å²) >= 11 is 0. The van der Waals surface area contributed by atoms with E-state index in [4.69, 9.17) is 14.2 Å². The Kier molecular flexibility index (Phi) is 8.39. The molecule has 11 heteroatoms. The zero-order valence-corrected chi connectivity index (χ0v) is 23.6. The Morgan fingerprint density at radius 1 is 1.21 bits per heavy atom. The van der Waals surface area contributed by atoms with E-state index in [2.05, 4.69) is 49.1 Å². The third-order valence-electron chi connectivity index (χ3n) is 6.92. The lowest BCUT2D eigenvalue weighted by molar-refractivity contribution is -0.134. The lowest BCUT2D eigenvalue weighted by Crippen LogP contribution is -2.54. The van der Waals surface area contributed by atoms with Gasteiger partial charge in [-0.15, -0.1) is 0 Å². The monoisotopic (exact) mass is 546 g/mol. The number of pyridine rings is 1. The number of rotatable bonds is 11. The largest absolute Gasteiger partial charge is 0.450 e. The number of nitrogens with zero attached hydrogens (tertiary/aromatic N) is 2. The van der Waals surface area contributed by atoms with Crippen LogP contribution in [-0.4, -0.2) is 50.0 Å². The first-order valence-electron chi connectivity index (χ1n) is 12.8. The van der Waals surface area contributed by atoms with E-state index in [-0.39, 0.29) is 16.9 Å². The van der Waals surface area contributed by atoms with E-state index in [0.717, 1.165) is 18.2 Å². The molecule has 1 aliphatic rings. The van der Waals surface area contributed by atoms with Gasteiger partial charge in [0.2, 0.25) is 0 Å². The number of hydrogen-bond acceptors (Lipinski definition) is 5. The van der Waals surface area contributed by atoms with Gasteiger partial charge >= 0.3 is 6.03 Å². The Labute approximate surface area is 222 Å². The highest BCUT2D eigenvalue weighted by atomic mass is 28.3. The summed E-state index contributed by atoms with van der Waals surface area (Å²) in [5.41, 5.74) is 0.442. The summed E-state index contributed by atoms with van der Waals surface area (Å²) in [4.78, 5) is 16.7. The molecule has 0 spiro atoms. The van der Waals surface area contributed by atoms with Crippen LogP contribution in [0.3, 0.4) is 0 Å². The van der Waals surface area contributed by atoms with Crippen molar-refractivity contribution < 1.29 is 27.8 Å². The van der Waals surface area contributed by atoms with Crippen molar-refractivity contribution in [2.24, 2.45) is 11.3 Å². The average molecular weight is 547 g/mol. The second-order valence-corrected chi connectivity index (χ2v) is 17.0. The number of ether oxygens (including phenoxy) is 3. The van der Waals surface area contributed by atoms with E-state index in [1.807, 2.05) is 4.57 Å². The van der Waals surface area contributed by atoms with Crippen molar-refractivity contribution in [3.8, 4) is 11.5 Å². The molecule has 2 amide bonds. The molecule has 0 radical (unpaired) electrons. The van der Waals surface area contributed by atoms with Crippen LogP contribution in [0.2, 0.25) is 25.7 Å². The molecule has 0 aliphatic carbocycles. The highest BCUT2D eigenvalue weighted by Gasteiger charge is 2.41. The van der Waals surface area contributed by atoms with Crippen LogP contribution in [0.5, 0.6) is 11.5 Å². The van der Waals surface area contributed by atoms with Crippen molar-refractivity contribution in [1.82, 2.24) is 14.9 Å². The molecule has 1 fully saturated rings. The molecule has 1 aromatic carbocycles. The van der Waals surface area contributed by atoms with Crippen LogP contribution >= 0.6 is 0 Å². The van der Waals surface area contributed by atoms with Crippen molar-refractivity contribution in [1.29, 1.82) is 0 Å². The molecule has 0 atom stereocenters.